The average molecular weight is 425 g/mol. The highest BCUT2D eigenvalue weighted by atomic mass is 19.2. The van der Waals surface area contributed by atoms with Gasteiger partial charge in [0.25, 0.3) is 5.56 Å². The zero-order chi connectivity index (χ0) is 22.1. The summed E-state index contributed by atoms with van der Waals surface area (Å²) in [5, 5.41) is 6.55. The Balaban J connectivity index is 1.74. The molecule has 8 nitrogen and oxygen atoms in total. The van der Waals surface area contributed by atoms with E-state index in [2.05, 4.69) is 10.4 Å². The molecular weight excluding hydrogens is 408 g/mol. The van der Waals surface area contributed by atoms with Gasteiger partial charge in [0.2, 0.25) is 5.91 Å². The van der Waals surface area contributed by atoms with Crippen LogP contribution in [0.5, 0.6) is 0 Å². The molecule has 0 fully saturated rings. The van der Waals surface area contributed by atoms with Crippen molar-refractivity contribution in [1.29, 1.82) is 0 Å². The van der Waals surface area contributed by atoms with Gasteiger partial charge in [-0.3, -0.25) is 23.4 Å². The number of aryl methyl sites for hydroxylation is 1. The number of anilines is 1. The van der Waals surface area contributed by atoms with Crippen LogP contribution in [0.25, 0.3) is 11.0 Å². The van der Waals surface area contributed by atoms with Crippen LogP contribution in [0.4, 0.5) is 14.5 Å². The molecule has 0 unspecified atom stereocenters. The van der Waals surface area contributed by atoms with E-state index in [-0.39, 0.29) is 23.3 Å². The molecule has 0 aliphatic rings. The highest BCUT2D eigenvalue weighted by Crippen LogP contribution is 2.13. The first-order valence-corrected chi connectivity index (χ1v) is 9.29. The monoisotopic (exact) mass is 425 g/mol. The Bertz CT molecular complexity index is 1410. The summed E-state index contributed by atoms with van der Waals surface area (Å²) in [7, 11) is 1.59. The van der Waals surface area contributed by atoms with E-state index in [9.17, 15) is 23.2 Å². The Morgan fingerprint density at radius 1 is 1.03 bits per heavy atom. The number of nitrogens with zero attached hydrogens (tertiary/aromatic N) is 4. The highest BCUT2D eigenvalue weighted by Gasteiger charge is 2.18. The Kier molecular flexibility index (Phi) is 5.20. The van der Waals surface area contributed by atoms with E-state index in [1.165, 1.54) is 16.9 Å². The van der Waals surface area contributed by atoms with E-state index in [4.69, 9.17) is 0 Å². The van der Waals surface area contributed by atoms with Crippen LogP contribution >= 0.6 is 0 Å². The summed E-state index contributed by atoms with van der Waals surface area (Å²) in [5.41, 5.74) is -0.246. The first-order valence-electron chi connectivity index (χ1n) is 9.29. The molecule has 0 aliphatic heterocycles. The average Bonchev–Trinajstić information content (AvgIpc) is 3.14. The van der Waals surface area contributed by atoms with Crippen molar-refractivity contribution in [2.24, 2.45) is 7.05 Å². The van der Waals surface area contributed by atoms with E-state index >= 15 is 0 Å². The predicted octanol–water partition coefficient (Wildman–Crippen LogP) is 1.86. The molecule has 31 heavy (non-hydrogen) atoms. The van der Waals surface area contributed by atoms with Crippen molar-refractivity contribution in [2.75, 3.05) is 5.32 Å². The van der Waals surface area contributed by atoms with Crippen LogP contribution in [0.2, 0.25) is 0 Å². The van der Waals surface area contributed by atoms with Crippen LogP contribution in [0.1, 0.15) is 5.56 Å². The zero-order valence-corrected chi connectivity index (χ0v) is 16.4. The highest BCUT2D eigenvalue weighted by molar-refractivity contribution is 5.91. The standard InChI is InChI=1S/C21H17F2N5O3/c1-26-11-17-19(25-26)20(30)28(10-13-5-3-2-4-6-13)21(31)27(17)12-18(29)24-14-7-8-15(22)16(23)9-14/h2-9,11H,10,12H2,1H3,(H,24,29). The molecule has 158 valence electrons. The van der Waals surface area contributed by atoms with Gasteiger partial charge in [0.15, 0.2) is 17.2 Å². The van der Waals surface area contributed by atoms with E-state index in [0.29, 0.717) is 0 Å². The van der Waals surface area contributed by atoms with Crippen molar-refractivity contribution in [3.8, 4) is 0 Å². The molecule has 0 spiro atoms. The summed E-state index contributed by atoms with van der Waals surface area (Å²) in [4.78, 5) is 38.5. The first kappa shape index (κ1) is 20.2. The summed E-state index contributed by atoms with van der Waals surface area (Å²) in [6.45, 7) is -0.440. The summed E-state index contributed by atoms with van der Waals surface area (Å²) < 4.78 is 30.0. The third-order valence-corrected chi connectivity index (χ3v) is 4.70. The van der Waals surface area contributed by atoms with E-state index in [1.54, 1.807) is 31.3 Å². The summed E-state index contributed by atoms with van der Waals surface area (Å²) in [6.07, 6.45) is 1.47. The normalized spacial score (nSPS) is 11.1. The minimum Gasteiger partial charge on any atom is -0.324 e. The number of rotatable bonds is 5. The van der Waals surface area contributed by atoms with Crippen LogP contribution in [0, 0.1) is 11.6 Å². The van der Waals surface area contributed by atoms with Gasteiger partial charge in [0.05, 0.1) is 12.1 Å². The maximum absolute atomic E-state index is 13.4. The van der Waals surface area contributed by atoms with E-state index in [1.807, 2.05) is 6.07 Å². The molecule has 2 aromatic carbocycles. The fourth-order valence-electron chi connectivity index (χ4n) is 3.27. The molecule has 10 heteroatoms. The van der Waals surface area contributed by atoms with Crippen LogP contribution < -0.4 is 16.6 Å². The second-order valence-electron chi connectivity index (χ2n) is 6.96. The Labute approximate surface area is 174 Å². The molecular formula is C21H17F2N5O3. The number of benzene rings is 2. The number of fused-ring (bicyclic) bond motifs is 1. The molecule has 0 saturated heterocycles. The lowest BCUT2D eigenvalue weighted by Crippen LogP contribution is -2.41. The minimum absolute atomic E-state index is 0.00974. The van der Waals surface area contributed by atoms with Gasteiger partial charge in [-0.1, -0.05) is 30.3 Å². The van der Waals surface area contributed by atoms with Crippen LogP contribution in [-0.4, -0.2) is 24.8 Å². The summed E-state index contributed by atoms with van der Waals surface area (Å²) in [5.74, 6) is -2.80. The smallest absolute Gasteiger partial charge is 0.324 e. The Morgan fingerprint density at radius 2 is 1.77 bits per heavy atom. The summed E-state index contributed by atoms with van der Waals surface area (Å²) in [6, 6.07) is 11.9. The third kappa shape index (κ3) is 4.00. The lowest BCUT2D eigenvalue weighted by atomic mass is 10.2. The molecule has 2 heterocycles. The van der Waals surface area contributed by atoms with Gasteiger partial charge in [-0.2, -0.15) is 5.10 Å². The van der Waals surface area contributed by atoms with Gasteiger partial charge in [0, 0.05) is 25.0 Å². The fraction of sp³-hybridized carbons (Fsp3) is 0.143. The fourth-order valence-corrected chi connectivity index (χ4v) is 3.27. The van der Waals surface area contributed by atoms with Crippen molar-refractivity contribution in [2.45, 2.75) is 13.1 Å². The van der Waals surface area contributed by atoms with Gasteiger partial charge in [-0.15, -0.1) is 0 Å². The molecule has 2 aromatic heterocycles. The van der Waals surface area contributed by atoms with Crippen LogP contribution in [-0.2, 0) is 24.9 Å². The van der Waals surface area contributed by atoms with Gasteiger partial charge < -0.3 is 5.32 Å². The van der Waals surface area contributed by atoms with Crippen molar-refractivity contribution in [3.63, 3.8) is 0 Å². The minimum atomic E-state index is -1.11. The lowest BCUT2D eigenvalue weighted by molar-refractivity contribution is -0.116. The second-order valence-corrected chi connectivity index (χ2v) is 6.96. The number of aromatic nitrogens is 4. The number of hydrogen-bond acceptors (Lipinski definition) is 4. The first-order chi connectivity index (χ1) is 14.8. The van der Waals surface area contributed by atoms with Crippen LogP contribution in [0.3, 0.4) is 0 Å². The molecule has 0 bridgehead atoms. The second kappa shape index (κ2) is 7.98. The predicted molar refractivity (Wildman–Crippen MR) is 110 cm³/mol. The molecule has 4 rings (SSSR count). The van der Waals surface area contributed by atoms with Crippen molar-refractivity contribution in [3.05, 3.63) is 92.8 Å². The zero-order valence-electron chi connectivity index (χ0n) is 16.4. The molecule has 1 N–H and O–H groups in total. The van der Waals surface area contributed by atoms with Gasteiger partial charge in [-0.05, 0) is 17.7 Å². The number of nitrogens with one attached hydrogen (secondary N) is 1. The van der Waals surface area contributed by atoms with Crippen molar-refractivity contribution < 1.29 is 13.6 Å². The number of carbonyl (C=O) groups excluding carboxylic acids is 1. The molecule has 0 atom stereocenters. The van der Waals surface area contributed by atoms with Gasteiger partial charge >= 0.3 is 5.69 Å². The van der Waals surface area contributed by atoms with Crippen molar-refractivity contribution >= 4 is 22.6 Å². The molecule has 1 amide bonds. The SMILES string of the molecule is Cn1cc2c(n1)c(=O)n(Cc1ccccc1)c(=O)n2CC(=O)Nc1ccc(F)c(F)c1. The molecule has 0 aliphatic carbocycles. The quantitative estimate of drug-likeness (QED) is 0.529. The van der Waals surface area contributed by atoms with E-state index in [0.717, 1.165) is 26.8 Å². The number of halogens is 2. The Hall–Kier alpha value is -4.08. The molecule has 4 aromatic rings. The lowest BCUT2D eigenvalue weighted by Gasteiger charge is -2.12. The van der Waals surface area contributed by atoms with Crippen LogP contribution in [0.15, 0.2) is 64.3 Å². The van der Waals surface area contributed by atoms with Gasteiger partial charge in [0.1, 0.15) is 6.54 Å². The number of carbonyl (C=O) groups is 1. The number of amides is 1. The Morgan fingerprint density at radius 3 is 2.48 bits per heavy atom. The largest absolute Gasteiger partial charge is 0.332 e. The molecule has 0 saturated carbocycles. The molecule has 0 radical (unpaired) electrons. The van der Waals surface area contributed by atoms with E-state index < -0.39 is 35.3 Å². The van der Waals surface area contributed by atoms with Crippen molar-refractivity contribution in [1.82, 2.24) is 18.9 Å². The summed E-state index contributed by atoms with van der Waals surface area (Å²) >= 11 is 0. The number of hydrogen-bond donors (Lipinski definition) is 1. The van der Waals surface area contributed by atoms with Gasteiger partial charge in [-0.25, -0.2) is 13.6 Å². The maximum atomic E-state index is 13.4. The third-order valence-electron chi connectivity index (χ3n) is 4.70. The maximum Gasteiger partial charge on any atom is 0.332 e. The topological polar surface area (TPSA) is 90.9 Å².